The van der Waals surface area contributed by atoms with E-state index >= 15 is 0 Å². The summed E-state index contributed by atoms with van der Waals surface area (Å²) in [6.45, 7) is 2.32. The molecule has 1 aliphatic rings. The van der Waals surface area contributed by atoms with Crippen LogP contribution in [-0.2, 0) is 10.0 Å². The van der Waals surface area contributed by atoms with Gasteiger partial charge in [0.1, 0.15) is 0 Å². The van der Waals surface area contributed by atoms with E-state index in [1.807, 2.05) is 6.92 Å². The van der Waals surface area contributed by atoms with Crippen molar-refractivity contribution in [2.24, 2.45) is 5.41 Å². The molecule has 1 fully saturated rings. The van der Waals surface area contributed by atoms with Gasteiger partial charge in [-0.05, 0) is 36.8 Å². The first-order chi connectivity index (χ1) is 9.30. The average Bonchev–Trinajstić information content (AvgIpc) is 3.17. The molecule has 1 aromatic rings. The summed E-state index contributed by atoms with van der Waals surface area (Å²) in [7, 11) is -3.90. The van der Waals surface area contributed by atoms with E-state index in [4.69, 9.17) is 5.73 Å². The van der Waals surface area contributed by atoms with Gasteiger partial charge in [0.2, 0.25) is 10.0 Å². The highest BCUT2D eigenvalue weighted by molar-refractivity contribution is 7.89. The van der Waals surface area contributed by atoms with Crippen LogP contribution in [-0.4, -0.2) is 19.9 Å². The summed E-state index contributed by atoms with van der Waals surface area (Å²) in [6, 6.07) is 3.57. The third kappa shape index (κ3) is 2.91. The molecule has 0 radical (unpaired) electrons. The molecular weight excluding hydrogens is 282 g/mol. The van der Waals surface area contributed by atoms with Crippen LogP contribution in [0.15, 0.2) is 23.1 Å². The van der Waals surface area contributed by atoms with Crippen molar-refractivity contribution in [1.29, 1.82) is 0 Å². The first-order valence-electron chi connectivity index (χ1n) is 6.33. The minimum atomic E-state index is -3.90. The second-order valence-electron chi connectivity index (χ2n) is 5.16. The molecule has 110 valence electrons. The molecule has 3 N–H and O–H groups in total. The SMILES string of the molecule is CCC1(CNS(=O)(=O)c2ccc(N)cc2[N+](=O)[O-])CC1. The average molecular weight is 299 g/mol. The van der Waals surface area contributed by atoms with E-state index in [-0.39, 0.29) is 16.0 Å². The lowest BCUT2D eigenvalue weighted by Crippen LogP contribution is -2.30. The summed E-state index contributed by atoms with van der Waals surface area (Å²) < 4.78 is 26.9. The van der Waals surface area contributed by atoms with Gasteiger partial charge in [0.05, 0.1) is 4.92 Å². The van der Waals surface area contributed by atoms with E-state index in [0.717, 1.165) is 25.3 Å². The highest BCUT2D eigenvalue weighted by Gasteiger charge is 2.41. The second-order valence-corrected chi connectivity index (χ2v) is 6.90. The van der Waals surface area contributed by atoms with E-state index in [1.165, 1.54) is 12.1 Å². The molecule has 1 aromatic carbocycles. The number of nitrogens with one attached hydrogen (secondary N) is 1. The van der Waals surface area contributed by atoms with Crippen LogP contribution >= 0.6 is 0 Å². The molecule has 0 unspecified atom stereocenters. The molecule has 1 aliphatic carbocycles. The number of nitro groups is 1. The third-order valence-electron chi connectivity index (χ3n) is 3.81. The Morgan fingerprint density at radius 3 is 2.60 bits per heavy atom. The molecule has 0 aromatic heterocycles. The third-order valence-corrected chi connectivity index (χ3v) is 5.26. The van der Waals surface area contributed by atoms with Crippen molar-refractivity contribution in [3.8, 4) is 0 Å². The number of sulfonamides is 1. The van der Waals surface area contributed by atoms with Gasteiger partial charge in [-0.3, -0.25) is 10.1 Å². The van der Waals surface area contributed by atoms with Gasteiger partial charge < -0.3 is 5.73 Å². The highest BCUT2D eigenvalue weighted by Crippen LogP contribution is 2.48. The van der Waals surface area contributed by atoms with Crippen LogP contribution in [0.25, 0.3) is 0 Å². The lowest BCUT2D eigenvalue weighted by atomic mass is 10.1. The van der Waals surface area contributed by atoms with Crippen molar-refractivity contribution in [3.05, 3.63) is 28.3 Å². The van der Waals surface area contributed by atoms with Gasteiger partial charge >= 0.3 is 0 Å². The van der Waals surface area contributed by atoms with E-state index in [2.05, 4.69) is 4.72 Å². The predicted molar refractivity (Wildman–Crippen MR) is 74.7 cm³/mol. The fourth-order valence-corrected chi connectivity index (χ4v) is 3.37. The number of benzene rings is 1. The summed E-state index contributed by atoms with van der Waals surface area (Å²) in [5, 5.41) is 10.9. The van der Waals surface area contributed by atoms with Gasteiger partial charge in [-0.2, -0.15) is 0 Å². The molecule has 1 saturated carbocycles. The lowest BCUT2D eigenvalue weighted by Gasteiger charge is -2.13. The Morgan fingerprint density at radius 1 is 1.45 bits per heavy atom. The summed E-state index contributed by atoms with van der Waals surface area (Å²) in [4.78, 5) is 9.87. The fourth-order valence-electron chi connectivity index (χ4n) is 2.06. The summed E-state index contributed by atoms with van der Waals surface area (Å²) >= 11 is 0. The molecule has 0 atom stereocenters. The maximum absolute atomic E-state index is 12.2. The van der Waals surface area contributed by atoms with Crippen LogP contribution in [0, 0.1) is 15.5 Å². The minimum absolute atomic E-state index is 0.0235. The first kappa shape index (κ1) is 14.7. The standard InChI is InChI=1S/C12H17N3O4S/c1-2-12(5-6-12)8-14-20(18,19)11-4-3-9(13)7-10(11)15(16)17/h3-4,7,14H,2,5-6,8,13H2,1H3. The molecule has 20 heavy (non-hydrogen) atoms. The lowest BCUT2D eigenvalue weighted by molar-refractivity contribution is -0.387. The Labute approximate surface area is 117 Å². The van der Waals surface area contributed by atoms with E-state index in [1.54, 1.807) is 0 Å². The molecule has 7 nitrogen and oxygen atoms in total. The van der Waals surface area contributed by atoms with Gasteiger partial charge in [-0.25, -0.2) is 13.1 Å². The van der Waals surface area contributed by atoms with Crippen molar-refractivity contribution < 1.29 is 13.3 Å². The molecular formula is C12H17N3O4S. The molecule has 0 saturated heterocycles. The van der Waals surface area contributed by atoms with Crippen LogP contribution in [0.1, 0.15) is 26.2 Å². The van der Waals surface area contributed by atoms with Crippen LogP contribution in [0.2, 0.25) is 0 Å². The maximum atomic E-state index is 12.2. The van der Waals surface area contributed by atoms with Crippen molar-refractivity contribution in [3.63, 3.8) is 0 Å². The van der Waals surface area contributed by atoms with E-state index in [9.17, 15) is 18.5 Å². The molecule has 2 rings (SSSR count). The topological polar surface area (TPSA) is 115 Å². The van der Waals surface area contributed by atoms with Crippen LogP contribution < -0.4 is 10.5 Å². The first-order valence-corrected chi connectivity index (χ1v) is 7.82. The smallest absolute Gasteiger partial charge is 0.291 e. The van der Waals surface area contributed by atoms with Crippen molar-refractivity contribution in [2.45, 2.75) is 31.1 Å². The zero-order chi connectivity index (χ0) is 15.0. The number of rotatable bonds is 6. The Balaban J connectivity index is 2.27. The number of nitrogens with zero attached hydrogens (tertiary/aromatic N) is 1. The van der Waals surface area contributed by atoms with Crippen LogP contribution in [0.3, 0.4) is 0 Å². The predicted octanol–water partition coefficient (Wildman–Crippen LogP) is 1.65. The fraction of sp³-hybridized carbons (Fsp3) is 0.500. The monoisotopic (exact) mass is 299 g/mol. The number of nitrogens with two attached hydrogens (primary N) is 1. The molecule has 0 amide bonds. The highest BCUT2D eigenvalue weighted by atomic mass is 32.2. The van der Waals surface area contributed by atoms with Crippen molar-refractivity contribution >= 4 is 21.4 Å². The summed E-state index contributed by atoms with van der Waals surface area (Å²) in [6.07, 6.45) is 2.85. The van der Waals surface area contributed by atoms with Gasteiger partial charge in [-0.1, -0.05) is 6.92 Å². The molecule has 0 heterocycles. The van der Waals surface area contributed by atoms with Crippen LogP contribution in [0.5, 0.6) is 0 Å². The Hall–Kier alpha value is -1.67. The number of nitrogen functional groups attached to an aromatic ring is 1. The normalized spacial score (nSPS) is 16.9. The number of hydrogen-bond acceptors (Lipinski definition) is 5. The Bertz CT molecular complexity index is 638. The van der Waals surface area contributed by atoms with E-state index in [0.29, 0.717) is 6.54 Å². The number of nitro benzene ring substituents is 1. The van der Waals surface area contributed by atoms with Gasteiger partial charge in [0.15, 0.2) is 4.90 Å². The van der Waals surface area contributed by atoms with Gasteiger partial charge in [0.25, 0.3) is 5.69 Å². The largest absolute Gasteiger partial charge is 0.399 e. The summed E-state index contributed by atoms with van der Waals surface area (Å²) in [5.41, 5.74) is 5.14. The Kier molecular flexibility index (Phi) is 3.70. The van der Waals surface area contributed by atoms with Crippen LogP contribution in [0.4, 0.5) is 11.4 Å². The zero-order valence-electron chi connectivity index (χ0n) is 11.1. The molecule has 0 spiro atoms. The maximum Gasteiger partial charge on any atom is 0.291 e. The second kappa shape index (κ2) is 5.02. The van der Waals surface area contributed by atoms with Crippen molar-refractivity contribution in [2.75, 3.05) is 12.3 Å². The van der Waals surface area contributed by atoms with Gasteiger partial charge in [0, 0.05) is 18.3 Å². The molecule has 0 bridgehead atoms. The van der Waals surface area contributed by atoms with Gasteiger partial charge in [-0.15, -0.1) is 0 Å². The van der Waals surface area contributed by atoms with E-state index < -0.39 is 20.6 Å². The number of hydrogen-bond donors (Lipinski definition) is 2. The summed E-state index contributed by atoms with van der Waals surface area (Å²) in [5.74, 6) is 0. The van der Waals surface area contributed by atoms with Crippen molar-refractivity contribution in [1.82, 2.24) is 4.72 Å². The molecule has 0 aliphatic heterocycles. The Morgan fingerprint density at radius 2 is 2.10 bits per heavy atom. The minimum Gasteiger partial charge on any atom is -0.399 e. The molecule has 8 heteroatoms. The number of anilines is 1. The zero-order valence-corrected chi connectivity index (χ0v) is 11.9. The quantitative estimate of drug-likeness (QED) is 0.470.